The van der Waals surface area contributed by atoms with E-state index in [1.54, 1.807) is 25.1 Å². The van der Waals surface area contributed by atoms with Gasteiger partial charge < -0.3 is 0 Å². The maximum absolute atomic E-state index is 13.0. The van der Waals surface area contributed by atoms with Crippen LogP contribution in [0.1, 0.15) is 12.5 Å². The molecule has 0 atom stereocenters. The lowest BCUT2D eigenvalue weighted by molar-refractivity contribution is 0.512. The molecular weight excluding hydrogens is 157 g/mol. The lowest BCUT2D eigenvalue weighted by Crippen LogP contribution is -2.11. The van der Waals surface area contributed by atoms with E-state index < -0.39 is 11.6 Å². The Morgan fingerprint density at radius 3 is 2.50 bits per heavy atom. The lowest BCUT2D eigenvalue weighted by Gasteiger charge is -2.00. The average molecular weight is 166 g/mol. The predicted molar refractivity (Wildman–Crippen MR) is 49.2 cm³/mol. The van der Waals surface area contributed by atoms with Crippen molar-refractivity contribution in [2.24, 2.45) is 0 Å². The van der Waals surface area contributed by atoms with Crippen LogP contribution in [-0.2, 0) is 0 Å². The summed E-state index contributed by atoms with van der Waals surface area (Å²) in [6.07, 6.45) is 3.21. The normalized spacial score (nSPS) is 10.9. The molecule has 0 N–H and O–H groups in total. The topological polar surface area (TPSA) is 0 Å². The molecule has 0 amide bonds. The molecule has 62 valence electrons. The molecule has 0 spiro atoms. The highest BCUT2D eigenvalue weighted by molar-refractivity contribution is 6.32. The molecule has 3 heteroatoms. The summed E-state index contributed by atoms with van der Waals surface area (Å²) in [5.41, 5.74) is 0.626. The number of benzene rings is 1. The Bertz CT molecular complexity index is 319. The second-order valence-corrected chi connectivity index (χ2v) is 2.60. The minimum atomic E-state index is -0.770. The number of hydrogen-bond donors (Lipinski definition) is 0. The zero-order valence-corrected chi connectivity index (χ0v) is 7.07. The van der Waals surface area contributed by atoms with E-state index >= 15 is 0 Å². The Kier molecular flexibility index (Phi) is 2.63. The second kappa shape index (κ2) is 3.52. The van der Waals surface area contributed by atoms with Crippen LogP contribution in [0.25, 0.3) is 6.08 Å². The van der Waals surface area contributed by atoms with Crippen LogP contribution in [0.3, 0.4) is 0 Å². The molecule has 0 radical (unpaired) electrons. The second-order valence-electron chi connectivity index (χ2n) is 2.60. The van der Waals surface area contributed by atoms with Crippen molar-refractivity contribution in [3.05, 3.63) is 35.4 Å². The molecule has 1 rings (SSSR count). The van der Waals surface area contributed by atoms with Crippen molar-refractivity contribution in [1.82, 2.24) is 0 Å². The predicted octanol–water partition coefficient (Wildman–Crippen LogP) is 1.26. The standard InChI is InChI=1S/C9H9BF2/c1-2-3-6-4-5-7(10)9(12)8(6)11/h2-5H,10H2,1H3. The van der Waals surface area contributed by atoms with Crippen LogP contribution in [-0.4, -0.2) is 7.85 Å². The van der Waals surface area contributed by atoms with Gasteiger partial charge in [-0.05, 0) is 6.92 Å². The summed E-state index contributed by atoms with van der Waals surface area (Å²) in [7, 11) is 1.54. The van der Waals surface area contributed by atoms with Crippen LogP contribution in [0.15, 0.2) is 18.2 Å². The summed E-state index contributed by atoms with van der Waals surface area (Å²) >= 11 is 0. The summed E-state index contributed by atoms with van der Waals surface area (Å²) in [5.74, 6) is -1.53. The van der Waals surface area contributed by atoms with Gasteiger partial charge in [-0.2, -0.15) is 0 Å². The van der Waals surface area contributed by atoms with E-state index in [4.69, 9.17) is 0 Å². The first-order valence-corrected chi connectivity index (χ1v) is 3.74. The Balaban J connectivity index is 3.26. The molecule has 0 bridgehead atoms. The van der Waals surface area contributed by atoms with Crippen molar-refractivity contribution >= 4 is 19.4 Å². The van der Waals surface area contributed by atoms with Gasteiger partial charge in [0.15, 0.2) is 11.6 Å². The quantitative estimate of drug-likeness (QED) is 0.551. The molecule has 1 aromatic carbocycles. The molecule has 0 aliphatic heterocycles. The zero-order valence-electron chi connectivity index (χ0n) is 7.07. The number of rotatable bonds is 1. The molecule has 0 nitrogen and oxygen atoms in total. The average Bonchev–Trinajstić information content (AvgIpc) is 2.07. The summed E-state index contributed by atoms with van der Waals surface area (Å²) in [6, 6.07) is 3.13. The maximum Gasteiger partial charge on any atom is 0.165 e. The van der Waals surface area contributed by atoms with Crippen LogP contribution in [0.5, 0.6) is 0 Å². The molecule has 1 aromatic rings. The van der Waals surface area contributed by atoms with Crippen LogP contribution < -0.4 is 5.46 Å². The van der Waals surface area contributed by atoms with Gasteiger partial charge in [-0.25, -0.2) is 8.78 Å². The van der Waals surface area contributed by atoms with Gasteiger partial charge in [0, 0.05) is 5.56 Å². The van der Waals surface area contributed by atoms with E-state index in [-0.39, 0.29) is 0 Å². The first-order valence-electron chi connectivity index (χ1n) is 3.74. The van der Waals surface area contributed by atoms with Crippen LogP contribution >= 0.6 is 0 Å². The van der Waals surface area contributed by atoms with Crippen molar-refractivity contribution in [1.29, 1.82) is 0 Å². The molecule has 0 fully saturated rings. The molecule has 0 heterocycles. The maximum atomic E-state index is 13.0. The molecule has 0 saturated heterocycles. The highest BCUT2D eigenvalue weighted by atomic mass is 19.2. The lowest BCUT2D eigenvalue weighted by atomic mass is 9.94. The van der Waals surface area contributed by atoms with Gasteiger partial charge in [-0.1, -0.05) is 29.7 Å². The largest absolute Gasteiger partial charge is 0.204 e. The third-order valence-corrected chi connectivity index (χ3v) is 1.65. The van der Waals surface area contributed by atoms with E-state index in [0.29, 0.717) is 11.0 Å². The summed E-state index contributed by atoms with van der Waals surface area (Å²) < 4.78 is 25.9. The van der Waals surface area contributed by atoms with Crippen LogP contribution in [0.2, 0.25) is 0 Å². The van der Waals surface area contributed by atoms with Gasteiger partial charge >= 0.3 is 0 Å². The van der Waals surface area contributed by atoms with E-state index in [0.717, 1.165) is 0 Å². The summed E-state index contributed by atoms with van der Waals surface area (Å²) in [6.45, 7) is 1.76. The summed E-state index contributed by atoms with van der Waals surface area (Å²) in [5, 5.41) is 0. The van der Waals surface area contributed by atoms with Crippen LogP contribution in [0.4, 0.5) is 8.78 Å². The molecule has 0 aromatic heterocycles. The van der Waals surface area contributed by atoms with Gasteiger partial charge in [0.05, 0.1) is 0 Å². The fourth-order valence-electron chi connectivity index (χ4n) is 0.969. The molecular formula is C9H9BF2. The number of hydrogen-bond acceptors (Lipinski definition) is 0. The smallest absolute Gasteiger partial charge is 0.165 e. The Morgan fingerprint density at radius 2 is 1.92 bits per heavy atom. The number of allylic oxidation sites excluding steroid dienone is 1. The first-order chi connectivity index (χ1) is 5.66. The van der Waals surface area contributed by atoms with E-state index in [1.165, 1.54) is 13.9 Å². The number of halogens is 2. The monoisotopic (exact) mass is 166 g/mol. The van der Waals surface area contributed by atoms with E-state index in [2.05, 4.69) is 0 Å². The fourth-order valence-corrected chi connectivity index (χ4v) is 0.969. The molecule has 12 heavy (non-hydrogen) atoms. The van der Waals surface area contributed by atoms with Crippen LogP contribution in [0, 0.1) is 11.6 Å². The Labute approximate surface area is 71.3 Å². The van der Waals surface area contributed by atoms with Gasteiger partial charge in [-0.3, -0.25) is 0 Å². The highest BCUT2D eigenvalue weighted by Crippen LogP contribution is 2.10. The Morgan fingerprint density at radius 1 is 1.25 bits per heavy atom. The fraction of sp³-hybridized carbons (Fsp3) is 0.111. The molecule has 0 aliphatic rings. The van der Waals surface area contributed by atoms with Gasteiger partial charge in [0.1, 0.15) is 7.85 Å². The van der Waals surface area contributed by atoms with Gasteiger partial charge in [0.25, 0.3) is 0 Å². The van der Waals surface area contributed by atoms with Gasteiger partial charge in [0.2, 0.25) is 0 Å². The molecule has 0 saturated carbocycles. The minimum absolute atomic E-state index is 0.292. The van der Waals surface area contributed by atoms with E-state index in [9.17, 15) is 8.78 Å². The highest BCUT2D eigenvalue weighted by Gasteiger charge is 2.07. The minimum Gasteiger partial charge on any atom is -0.204 e. The van der Waals surface area contributed by atoms with Gasteiger partial charge in [-0.15, -0.1) is 0 Å². The molecule has 0 aliphatic carbocycles. The van der Waals surface area contributed by atoms with Crippen molar-refractivity contribution in [2.75, 3.05) is 0 Å². The first kappa shape index (κ1) is 8.98. The summed E-state index contributed by atoms with van der Waals surface area (Å²) in [4.78, 5) is 0. The SMILES string of the molecule is Bc1ccc(C=CC)c(F)c1F. The molecule has 0 unspecified atom stereocenters. The Hall–Kier alpha value is -1.12. The van der Waals surface area contributed by atoms with Crippen molar-refractivity contribution in [3.63, 3.8) is 0 Å². The third-order valence-electron chi connectivity index (χ3n) is 1.65. The third kappa shape index (κ3) is 1.55. The van der Waals surface area contributed by atoms with Crippen molar-refractivity contribution < 1.29 is 8.78 Å². The zero-order chi connectivity index (χ0) is 9.14. The van der Waals surface area contributed by atoms with Crippen molar-refractivity contribution in [3.8, 4) is 0 Å². The van der Waals surface area contributed by atoms with E-state index in [1.807, 2.05) is 0 Å². The van der Waals surface area contributed by atoms with Crippen molar-refractivity contribution in [2.45, 2.75) is 6.92 Å².